The fourth-order valence-electron chi connectivity index (χ4n) is 5.23. The summed E-state index contributed by atoms with van der Waals surface area (Å²) in [5, 5.41) is 2.05. The van der Waals surface area contributed by atoms with Crippen molar-refractivity contribution in [3.8, 4) is 44.7 Å². The van der Waals surface area contributed by atoms with E-state index in [2.05, 4.69) is 52.3 Å². The third-order valence-corrected chi connectivity index (χ3v) is 8.35. The predicted octanol–water partition coefficient (Wildman–Crippen LogP) is 8.63. The minimum atomic E-state index is 0.273. The van der Waals surface area contributed by atoms with Gasteiger partial charge in [0.2, 0.25) is 0 Å². The molecule has 7 aromatic rings. The molecule has 0 amide bonds. The van der Waals surface area contributed by atoms with Crippen LogP contribution in [-0.4, -0.2) is 27.9 Å². The number of aromatic nitrogens is 3. The maximum Gasteiger partial charge on any atom is 0.298 e. The molecule has 3 aromatic carbocycles. The summed E-state index contributed by atoms with van der Waals surface area (Å²) in [5.41, 5.74) is 5.82. The lowest BCUT2D eigenvalue weighted by Crippen LogP contribution is -2.07. The van der Waals surface area contributed by atoms with Gasteiger partial charge in [0.25, 0.3) is 12.9 Å². The summed E-state index contributed by atoms with van der Waals surface area (Å²) in [6, 6.07) is 41.2. The molecule has 0 N–H and O–H groups in total. The summed E-state index contributed by atoms with van der Waals surface area (Å²) in [5.74, 6) is 0.583. The zero-order valence-electron chi connectivity index (χ0n) is 24.2. The van der Waals surface area contributed by atoms with Crippen molar-refractivity contribution in [2.24, 2.45) is 0 Å². The van der Waals surface area contributed by atoms with Crippen molar-refractivity contribution in [1.82, 2.24) is 15.0 Å². The van der Waals surface area contributed by atoms with Gasteiger partial charge in [-0.2, -0.15) is 0 Å². The van der Waals surface area contributed by atoms with Crippen molar-refractivity contribution in [1.29, 1.82) is 0 Å². The standard InChI is InChI=1S/C37H24N4O4S/c42-23-44-27-17-18-38-32(19-27)33-20-28(45-24-43)21-34(40-33)35-22-30(29-13-7-8-14-31(29)39-35)36-15-16-37(46-36)41(25-9-3-1-4-10-25)26-11-5-2-6-12-26/h1-24H. The second-order valence-electron chi connectivity index (χ2n) is 10.1. The van der Waals surface area contributed by atoms with Gasteiger partial charge in [0.15, 0.2) is 0 Å². The van der Waals surface area contributed by atoms with Gasteiger partial charge in [-0.1, -0.05) is 54.6 Å². The maximum atomic E-state index is 11.4. The molecular weight excluding hydrogens is 596 g/mol. The van der Waals surface area contributed by atoms with E-state index in [1.807, 2.05) is 60.7 Å². The third-order valence-electron chi connectivity index (χ3n) is 7.25. The van der Waals surface area contributed by atoms with Crippen LogP contribution >= 0.6 is 11.3 Å². The predicted molar refractivity (Wildman–Crippen MR) is 180 cm³/mol. The molecule has 4 heterocycles. The molecule has 0 bridgehead atoms. The van der Waals surface area contributed by atoms with Gasteiger partial charge in [0, 0.05) is 51.6 Å². The van der Waals surface area contributed by atoms with Gasteiger partial charge in [-0.05, 0) is 54.6 Å². The normalized spacial score (nSPS) is 10.8. The number of carbonyl (C=O) groups excluding carboxylic acids is 2. The Labute approximate surface area is 268 Å². The van der Waals surface area contributed by atoms with E-state index in [0.717, 1.165) is 37.7 Å². The lowest BCUT2D eigenvalue weighted by molar-refractivity contribution is -0.121. The van der Waals surface area contributed by atoms with E-state index < -0.39 is 0 Å². The summed E-state index contributed by atoms with van der Waals surface area (Å²) in [6.07, 6.45) is 1.51. The van der Waals surface area contributed by atoms with Crippen molar-refractivity contribution >= 4 is 51.6 Å². The van der Waals surface area contributed by atoms with Crippen molar-refractivity contribution in [2.45, 2.75) is 0 Å². The van der Waals surface area contributed by atoms with Crippen LogP contribution < -0.4 is 14.4 Å². The van der Waals surface area contributed by atoms with Gasteiger partial charge >= 0.3 is 0 Å². The zero-order chi connectivity index (χ0) is 31.3. The average molecular weight is 621 g/mol. The second kappa shape index (κ2) is 12.8. The molecule has 0 aliphatic heterocycles. The summed E-state index contributed by atoms with van der Waals surface area (Å²) in [4.78, 5) is 39.7. The van der Waals surface area contributed by atoms with Gasteiger partial charge in [-0.3, -0.25) is 14.6 Å². The molecule has 222 valence electrons. The molecule has 0 spiro atoms. The van der Waals surface area contributed by atoms with E-state index >= 15 is 0 Å². The van der Waals surface area contributed by atoms with E-state index in [1.54, 1.807) is 35.6 Å². The first-order valence-electron chi connectivity index (χ1n) is 14.3. The largest absolute Gasteiger partial charge is 0.429 e. The minimum Gasteiger partial charge on any atom is -0.429 e. The van der Waals surface area contributed by atoms with Crippen molar-refractivity contribution in [3.05, 3.63) is 134 Å². The van der Waals surface area contributed by atoms with E-state index in [0.29, 0.717) is 41.5 Å². The number of benzene rings is 3. The number of para-hydroxylation sites is 3. The van der Waals surface area contributed by atoms with Crippen LogP contribution in [0.5, 0.6) is 11.5 Å². The zero-order valence-corrected chi connectivity index (χ0v) is 25.0. The van der Waals surface area contributed by atoms with Crippen LogP contribution in [0.3, 0.4) is 0 Å². The molecular formula is C37H24N4O4S. The smallest absolute Gasteiger partial charge is 0.298 e. The third kappa shape index (κ3) is 5.82. The number of hydrogen-bond donors (Lipinski definition) is 0. The molecule has 0 fully saturated rings. The van der Waals surface area contributed by atoms with Crippen molar-refractivity contribution in [3.63, 3.8) is 0 Å². The number of pyridine rings is 3. The number of thiophene rings is 1. The summed E-state index contributed by atoms with van der Waals surface area (Å²) < 4.78 is 10.3. The first kappa shape index (κ1) is 28.6. The number of nitrogens with zero attached hydrogens (tertiary/aromatic N) is 4. The minimum absolute atomic E-state index is 0.273. The topological polar surface area (TPSA) is 94.5 Å². The fourth-order valence-corrected chi connectivity index (χ4v) is 6.31. The van der Waals surface area contributed by atoms with Crippen LogP contribution in [0.1, 0.15) is 0 Å². The molecule has 4 aromatic heterocycles. The molecule has 0 saturated heterocycles. The van der Waals surface area contributed by atoms with Crippen LogP contribution in [0, 0.1) is 0 Å². The fraction of sp³-hybridized carbons (Fsp3) is 0. The highest BCUT2D eigenvalue weighted by atomic mass is 32.1. The number of rotatable bonds is 10. The average Bonchev–Trinajstić information content (AvgIpc) is 3.59. The molecule has 9 heteroatoms. The number of carbonyl (C=O) groups is 2. The van der Waals surface area contributed by atoms with E-state index in [-0.39, 0.29) is 5.75 Å². The van der Waals surface area contributed by atoms with Crippen LogP contribution in [-0.2, 0) is 9.59 Å². The highest BCUT2D eigenvalue weighted by Crippen LogP contribution is 2.43. The summed E-state index contributed by atoms with van der Waals surface area (Å²) in [6.45, 7) is 0.708. The first-order chi connectivity index (χ1) is 22.7. The first-order valence-corrected chi connectivity index (χ1v) is 15.1. The molecule has 46 heavy (non-hydrogen) atoms. The lowest BCUT2D eigenvalue weighted by Gasteiger charge is -2.23. The van der Waals surface area contributed by atoms with Crippen molar-refractivity contribution in [2.75, 3.05) is 4.90 Å². The monoisotopic (exact) mass is 620 g/mol. The Morgan fingerprint density at radius 3 is 1.91 bits per heavy atom. The molecule has 0 aliphatic carbocycles. The quantitative estimate of drug-likeness (QED) is 0.140. The van der Waals surface area contributed by atoms with Crippen LogP contribution in [0.2, 0.25) is 0 Å². The van der Waals surface area contributed by atoms with E-state index in [4.69, 9.17) is 19.4 Å². The molecule has 7 rings (SSSR count). The number of ether oxygens (including phenoxy) is 2. The molecule has 0 radical (unpaired) electrons. The van der Waals surface area contributed by atoms with Gasteiger partial charge in [0.05, 0.1) is 28.3 Å². The van der Waals surface area contributed by atoms with Crippen LogP contribution in [0.15, 0.2) is 134 Å². The number of fused-ring (bicyclic) bond motifs is 1. The Kier molecular flexibility index (Phi) is 7.96. The molecule has 8 nitrogen and oxygen atoms in total. The lowest BCUT2D eigenvalue weighted by atomic mass is 10.0. The Hall–Kier alpha value is -6.19. The summed E-state index contributed by atoms with van der Waals surface area (Å²) >= 11 is 1.67. The van der Waals surface area contributed by atoms with E-state index in [1.165, 1.54) is 6.20 Å². The molecule has 0 saturated carbocycles. The maximum absolute atomic E-state index is 11.4. The van der Waals surface area contributed by atoms with Crippen LogP contribution in [0.4, 0.5) is 16.4 Å². The van der Waals surface area contributed by atoms with Gasteiger partial charge < -0.3 is 14.4 Å². The van der Waals surface area contributed by atoms with Gasteiger partial charge in [-0.15, -0.1) is 11.3 Å². The highest BCUT2D eigenvalue weighted by Gasteiger charge is 2.18. The SMILES string of the molecule is O=COc1ccnc(-c2cc(OC=O)cc(-c3cc(-c4ccc(N(c5ccccc5)c5ccccc5)s4)c4ccccc4n3)n2)c1. The number of anilines is 3. The van der Waals surface area contributed by atoms with E-state index in [9.17, 15) is 9.59 Å². The van der Waals surface area contributed by atoms with Gasteiger partial charge in [0.1, 0.15) is 16.5 Å². The Bertz CT molecular complexity index is 2130. The van der Waals surface area contributed by atoms with Crippen molar-refractivity contribution < 1.29 is 19.1 Å². The Balaban J connectivity index is 1.36. The summed E-state index contributed by atoms with van der Waals surface area (Å²) in [7, 11) is 0. The Morgan fingerprint density at radius 2 is 1.20 bits per heavy atom. The van der Waals surface area contributed by atoms with Crippen LogP contribution in [0.25, 0.3) is 44.1 Å². The number of hydrogen-bond acceptors (Lipinski definition) is 9. The molecule has 0 unspecified atom stereocenters. The Morgan fingerprint density at radius 1 is 0.587 bits per heavy atom. The second-order valence-corrected chi connectivity index (χ2v) is 11.2. The molecule has 0 atom stereocenters. The highest BCUT2D eigenvalue weighted by molar-refractivity contribution is 7.19. The molecule has 0 aliphatic rings. The van der Waals surface area contributed by atoms with Gasteiger partial charge in [-0.25, -0.2) is 9.97 Å².